The van der Waals surface area contributed by atoms with E-state index in [0.29, 0.717) is 29.1 Å². The second-order valence-corrected chi connectivity index (χ2v) is 12.1. The van der Waals surface area contributed by atoms with E-state index >= 15 is 0 Å². The number of imidazole rings is 1. The number of rotatable bonds is 12. The number of nitrogens with zero attached hydrogens (tertiary/aromatic N) is 2. The third-order valence-electron chi connectivity index (χ3n) is 6.11. The zero-order valence-electron chi connectivity index (χ0n) is 22.0. The number of unbranched alkanes of at least 4 members (excludes halogenated alkanes) is 1. The number of thioether (sulfide) groups is 1. The number of aryl methyl sites for hydroxylation is 1. The van der Waals surface area contributed by atoms with Gasteiger partial charge in [-0.2, -0.15) is 11.3 Å². The molecule has 0 aliphatic heterocycles. The number of amides is 1. The minimum absolute atomic E-state index is 0.0347. The minimum Gasteiger partial charge on any atom is -0.476 e. The molecule has 0 fully saturated rings. The first-order valence-corrected chi connectivity index (χ1v) is 16.1. The van der Waals surface area contributed by atoms with Crippen molar-refractivity contribution < 1.29 is 27.9 Å². The first-order valence-electron chi connectivity index (χ1n) is 12.5. The zero-order valence-corrected chi connectivity index (χ0v) is 24.4. The predicted molar refractivity (Wildman–Crippen MR) is 155 cm³/mol. The molecule has 0 spiro atoms. The maximum Gasteiger partial charge on any atom is 0.421 e. The molecule has 0 bridgehead atoms. The van der Waals surface area contributed by atoms with Crippen molar-refractivity contribution in [2.75, 3.05) is 6.26 Å². The summed E-state index contributed by atoms with van der Waals surface area (Å²) in [4.78, 5) is 28.8. The molecule has 2 heterocycles. The van der Waals surface area contributed by atoms with Crippen LogP contribution in [0.25, 0.3) is 11.1 Å². The number of carbonyl (C=O) groups excluding carboxylic acids is 1. The Kier molecular flexibility index (Phi) is 9.67. The summed E-state index contributed by atoms with van der Waals surface area (Å²) in [5.74, 6) is -0.308. The van der Waals surface area contributed by atoms with Gasteiger partial charge in [0.2, 0.25) is 0 Å². The topological polar surface area (TPSA) is 128 Å². The van der Waals surface area contributed by atoms with Gasteiger partial charge in [-0.15, -0.1) is 11.8 Å². The molecule has 1 amide bonds. The lowest BCUT2D eigenvalue weighted by Crippen LogP contribution is -2.31. The molecule has 0 aliphatic carbocycles. The molecule has 40 heavy (non-hydrogen) atoms. The molecule has 0 radical (unpaired) electrons. The van der Waals surface area contributed by atoms with Crippen LogP contribution in [-0.4, -0.2) is 41.4 Å². The van der Waals surface area contributed by atoms with Crippen LogP contribution in [0.2, 0.25) is 0 Å². The second kappa shape index (κ2) is 13.2. The summed E-state index contributed by atoms with van der Waals surface area (Å²) >= 11 is 2.75. The Bertz CT molecular complexity index is 1580. The number of sulfonamides is 1. The summed E-state index contributed by atoms with van der Waals surface area (Å²) in [7, 11) is -4.22. The van der Waals surface area contributed by atoms with Crippen LogP contribution in [-0.2, 0) is 34.3 Å². The number of hydrogen-bond acceptors (Lipinski definition) is 8. The number of benzene rings is 2. The molecule has 9 nitrogen and oxygen atoms in total. The molecular weight excluding hydrogens is 571 g/mol. The van der Waals surface area contributed by atoms with Crippen LogP contribution < -0.4 is 4.72 Å². The van der Waals surface area contributed by atoms with Crippen molar-refractivity contribution in [3.63, 3.8) is 0 Å². The molecule has 0 unspecified atom stereocenters. The summed E-state index contributed by atoms with van der Waals surface area (Å²) in [6.45, 7) is 2.35. The van der Waals surface area contributed by atoms with Crippen molar-refractivity contribution in [1.82, 2.24) is 14.3 Å². The molecule has 0 atom stereocenters. The van der Waals surface area contributed by atoms with E-state index in [-0.39, 0.29) is 17.2 Å². The number of aromatic carboxylic acids is 1. The number of nitrogens with one attached hydrogen (secondary N) is 1. The van der Waals surface area contributed by atoms with E-state index in [0.717, 1.165) is 29.8 Å². The Morgan fingerprint density at radius 1 is 1.10 bits per heavy atom. The summed E-state index contributed by atoms with van der Waals surface area (Å²) in [5.41, 5.74) is 2.80. The van der Waals surface area contributed by atoms with E-state index in [1.165, 1.54) is 29.2 Å². The molecular formula is C28H29N3O6S3. The fourth-order valence-corrected chi connectivity index (χ4v) is 6.51. The minimum atomic E-state index is -4.22. The molecule has 0 saturated carbocycles. The molecule has 2 aromatic carbocycles. The maximum absolute atomic E-state index is 13.1. The fourth-order valence-electron chi connectivity index (χ4n) is 4.15. The first-order chi connectivity index (χ1) is 19.2. The molecule has 4 aromatic rings. The highest BCUT2D eigenvalue weighted by atomic mass is 32.2. The predicted octanol–water partition coefficient (Wildman–Crippen LogP) is 6.04. The highest BCUT2D eigenvalue weighted by molar-refractivity contribution is 7.98. The molecule has 2 aromatic heterocycles. The largest absolute Gasteiger partial charge is 0.476 e. The van der Waals surface area contributed by atoms with Crippen LogP contribution in [0.5, 0.6) is 0 Å². The quantitative estimate of drug-likeness (QED) is 0.189. The van der Waals surface area contributed by atoms with Gasteiger partial charge in [-0.3, -0.25) is 0 Å². The van der Waals surface area contributed by atoms with Crippen molar-refractivity contribution in [3.05, 3.63) is 88.0 Å². The number of hydrogen-bond donors (Lipinski definition) is 2. The van der Waals surface area contributed by atoms with Crippen molar-refractivity contribution in [1.29, 1.82) is 0 Å². The Morgan fingerprint density at radius 3 is 2.50 bits per heavy atom. The van der Waals surface area contributed by atoms with Crippen LogP contribution in [0.1, 0.15) is 47.2 Å². The van der Waals surface area contributed by atoms with E-state index in [1.54, 1.807) is 47.2 Å². The number of carboxylic acid groups (broad SMARTS) is 1. The maximum atomic E-state index is 13.1. The number of ether oxygens (including phenoxy) is 1. The van der Waals surface area contributed by atoms with Gasteiger partial charge in [-0.25, -0.2) is 27.7 Å². The summed E-state index contributed by atoms with van der Waals surface area (Å²) in [6.07, 6.45) is 3.27. The monoisotopic (exact) mass is 599 g/mol. The summed E-state index contributed by atoms with van der Waals surface area (Å²) < 4.78 is 34.9. The van der Waals surface area contributed by atoms with Gasteiger partial charge < -0.3 is 14.4 Å². The Labute approximate surface area is 241 Å². The number of carboxylic acids is 1. The van der Waals surface area contributed by atoms with Crippen LogP contribution in [0, 0.1) is 0 Å². The van der Waals surface area contributed by atoms with Crippen molar-refractivity contribution >= 4 is 45.2 Å². The fraction of sp³-hybridized carbons (Fsp3) is 0.250. The molecule has 210 valence electrons. The lowest BCUT2D eigenvalue weighted by molar-refractivity contribution is 0.0681. The molecule has 0 aliphatic rings. The average molecular weight is 600 g/mol. The van der Waals surface area contributed by atoms with E-state index in [2.05, 4.69) is 11.9 Å². The van der Waals surface area contributed by atoms with Crippen LogP contribution in [0.15, 0.2) is 75.3 Å². The van der Waals surface area contributed by atoms with Gasteiger partial charge in [-0.1, -0.05) is 55.8 Å². The van der Waals surface area contributed by atoms with Gasteiger partial charge >= 0.3 is 12.1 Å². The summed E-state index contributed by atoms with van der Waals surface area (Å²) in [6, 6.07) is 15.4. The Morgan fingerprint density at radius 2 is 1.85 bits per heavy atom. The third kappa shape index (κ3) is 6.93. The van der Waals surface area contributed by atoms with Gasteiger partial charge in [-0.05, 0) is 46.7 Å². The lowest BCUT2D eigenvalue weighted by Gasteiger charge is -2.13. The van der Waals surface area contributed by atoms with E-state index in [4.69, 9.17) is 4.74 Å². The Hall–Kier alpha value is -3.61. The third-order valence-corrected chi connectivity index (χ3v) is 8.89. The first kappa shape index (κ1) is 29.4. The van der Waals surface area contributed by atoms with Crippen molar-refractivity contribution in [2.24, 2.45) is 0 Å². The summed E-state index contributed by atoms with van der Waals surface area (Å²) in [5, 5.41) is 14.0. The SMILES string of the molecule is CCCCc1nc(SC)c(C(=O)O)n1Cc1ccc(-c2ccccc2S(=O)(=O)NC(=O)OCc2ccsc2)cc1. The average Bonchev–Trinajstić information content (AvgIpc) is 3.59. The molecule has 12 heteroatoms. The van der Waals surface area contributed by atoms with Gasteiger partial charge in [0.1, 0.15) is 17.5 Å². The van der Waals surface area contributed by atoms with Crippen molar-refractivity contribution in [2.45, 2.75) is 49.3 Å². The van der Waals surface area contributed by atoms with Crippen LogP contribution in [0.3, 0.4) is 0 Å². The standard InChI is InChI=1S/C28H29N3O6S3/c1-3-4-9-24-29-26(38-2)25(27(32)33)31(24)16-19-10-12-21(13-11-19)22-7-5-6-8-23(22)40(35,36)30-28(34)37-17-20-14-15-39-18-20/h5-8,10-15,18H,3-4,9,16-17H2,1-2H3,(H,30,34)(H,32,33). The van der Waals surface area contributed by atoms with E-state index in [1.807, 2.05) is 27.6 Å². The van der Waals surface area contributed by atoms with Gasteiger partial charge in [0.15, 0.2) is 5.69 Å². The smallest absolute Gasteiger partial charge is 0.421 e. The molecule has 4 rings (SSSR count). The van der Waals surface area contributed by atoms with Crippen molar-refractivity contribution in [3.8, 4) is 11.1 Å². The highest BCUT2D eigenvalue weighted by Gasteiger charge is 2.24. The van der Waals surface area contributed by atoms with Crippen LogP contribution in [0.4, 0.5) is 4.79 Å². The van der Waals surface area contributed by atoms with E-state index in [9.17, 15) is 23.1 Å². The molecule has 2 N–H and O–H groups in total. The number of aromatic nitrogens is 2. The van der Waals surface area contributed by atoms with E-state index < -0.39 is 22.1 Å². The zero-order chi connectivity index (χ0) is 28.7. The van der Waals surface area contributed by atoms with Gasteiger partial charge in [0.25, 0.3) is 10.0 Å². The number of thiophene rings is 1. The van der Waals surface area contributed by atoms with Gasteiger partial charge in [0, 0.05) is 24.1 Å². The lowest BCUT2D eigenvalue weighted by atomic mass is 10.0. The highest BCUT2D eigenvalue weighted by Crippen LogP contribution is 2.29. The Balaban J connectivity index is 1.56. The van der Waals surface area contributed by atoms with Gasteiger partial charge in [0.05, 0.1) is 4.90 Å². The second-order valence-electron chi connectivity index (χ2n) is 8.89. The van der Waals surface area contributed by atoms with Crippen LogP contribution >= 0.6 is 23.1 Å². The number of carbonyl (C=O) groups is 2. The molecule has 0 saturated heterocycles. The normalized spacial score (nSPS) is 11.3.